The van der Waals surface area contributed by atoms with Crippen molar-refractivity contribution in [3.8, 4) is 5.75 Å². The Morgan fingerprint density at radius 3 is 2.50 bits per heavy atom. The number of benzene rings is 1. The molecule has 0 spiro atoms. The predicted octanol–water partition coefficient (Wildman–Crippen LogP) is 1.18. The molecule has 0 aromatic heterocycles. The van der Waals surface area contributed by atoms with Crippen molar-refractivity contribution >= 4 is 12.0 Å². The number of quaternary nitrogens is 1. The number of methoxy groups -OCH3 is 1. The van der Waals surface area contributed by atoms with E-state index >= 15 is 0 Å². The minimum atomic E-state index is -0.545. The molecule has 28 heavy (non-hydrogen) atoms. The van der Waals surface area contributed by atoms with Crippen LogP contribution in [0.2, 0.25) is 0 Å². The fourth-order valence-corrected chi connectivity index (χ4v) is 3.85. The summed E-state index contributed by atoms with van der Waals surface area (Å²) in [6.07, 6.45) is 2.32. The quantitative estimate of drug-likeness (QED) is 0.640. The summed E-state index contributed by atoms with van der Waals surface area (Å²) in [5.41, 5.74) is 1.96. The lowest BCUT2D eigenvalue weighted by molar-refractivity contribution is -0.901. The average molecular weight is 388 g/mol. The van der Waals surface area contributed by atoms with Crippen molar-refractivity contribution in [3.63, 3.8) is 0 Å². The molecule has 7 heteroatoms. The van der Waals surface area contributed by atoms with Gasteiger partial charge in [0.1, 0.15) is 12.3 Å². The van der Waals surface area contributed by atoms with Crippen LogP contribution in [0, 0.1) is 5.92 Å². The van der Waals surface area contributed by atoms with E-state index in [1.807, 2.05) is 24.3 Å². The van der Waals surface area contributed by atoms with Crippen molar-refractivity contribution in [1.29, 1.82) is 0 Å². The fourth-order valence-electron chi connectivity index (χ4n) is 3.85. The zero-order valence-electron chi connectivity index (χ0n) is 16.8. The monoisotopic (exact) mass is 388 g/mol. The maximum atomic E-state index is 12.8. The van der Waals surface area contributed by atoms with E-state index in [4.69, 9.17) is 9.47 Å². The molecule has 1 fully saturated rings. The Morgan fingerprint density at radius 1 is 1.21 bits per heavy atom. The van der Waals surface area contributed by atoms with Gasteiger partial charge in [-0.2, -0.15) is 0 Å². The van der Waals surface area contributed by atoms with Crippen LogP contribution in [-0.4, -0.2) is 45.4 Å². The number of amides is 2. The highest BCUT2D eigenvalue weighted by Gasteiger charge is 2.35. The van der Waals surface area contributed by atoms with E-state index < -0.39 is 12.0 Å². The molecule has 0 unspecified atom stereocenters. The van der Waals surface area contributed by atoms with E-state index in [-0.39, 0.29) is 12.6 Å². The van der Waals surface area contributed by atoms with Gasteiger partial charge in [-0.25, -0.2) is 9.59 Å². The van der Waals surface area contributed by atoms with Gasteiger partial charge in [0.25, 0.3) is 0 Å². The Kier molecular flexibility index (Phi) is 6.57. The average Bonchev–Trinajstić information content (AvgIpc) is 2.69. The van der Waals surface area contributed by atoms with Crippen molar-refractivity contribution in [2.75, 3.05) is 33.4 Å². The van der Waals surface area contributed by atoms with Crippen LogP contribution in [0.25, 0.3) is 0 Å². The Hall–Kier alpha value is -2.54. The third kappa shape index (κ3) is 4.65. The third-order valence-electron chi connectivity index (χ3n) is 5.51. The second-order valence-electron chi connectivity index (χ2n) is 7.53. The predicted molar refractivity (Wildman–Crippen MR) is 105 cm³/mol. The number of esters is 1. The van der Waals surface area contributed by atoms with Crippen LogP contribution in [0.1, 0.15) is 38.3 Å². The minimum Gasteiger partial charge on any atom is -0.497 e. The number of hydrogen-bond donors (Lipinski definition) is 3. The van der Waals surface area contributed by atoms with Crippen molar-refractivity contribution in [2.45, 2.75) is 32.7 Å². The highest BCUT2D eigenvalue weighted by molar-refractivity contribution is 5.95. The Balaban J connectivity index is 1.93. The van der Waals surface area contributed by atoms with E-state index in [0.29, 0.717) is 17.8 Å². The number of hydrogen-bond acceptors (Lipinski definition) is 4. The first kappa shape index (κ1) is 20.2. The van der Waals surface area contributed by atoms with Gasteiger partial charge in [-0.3, -0.25) is 0 Å². The third-order valence-corrected chi connectivity index (χ3v) is 5.51. The second kappa shape index (κ2) is 9.10. The summed E-state index contributed by atoms with van der Waals surface area (Å²) in [4.78, 5) is 26.5. The standard InChI is InChI=1S/C21H29N3O4/c1-4-28-20(25)18-17(13-24-11-9-14(2)10-12-24)22-21(26)23-19(18)15-5-7-16(27-3)8-6-15/h5-8,14,19H,4,9-13H2,1-3H3,(H2,22,23,26)/p+1/t19-/m1/s1. The number of carbonyl (C=O) groups excluding carboxylic acids is 2. The molecule has 7 nitrogen and oxygen atoms in total. The van der Waals surface area contributed by atoms with Crippen LogP contribution in [0.3, 0.4) is 0 Å². The molecule has 0 bridgehead atoms. The van der Waals surface area contributed by atoms with E-state index in [9.17, 15) is 9.59 Å². The number of carbonyl (C=O) groups is 2. The molecule has 1 aromatic carbocycles. The largest absolute Gasteiger partial charge is 0.497 e. The van der Waals surface area contributed by atoms with Crippen LogP contribution < -0.4 is 20.3 Å². The summed E-state index contributed by atoms with van der Waals surface area (Å²) in [7, 11) is 1.60. The summed E-state index contributed by atoms with van der Waals surface area (Å²) in [6, 6.07) is 6.53. The first-order chi connectivity index (χ1) is 13.5. The van der Waals surface area contributed by atoms with E-state index in [1.54, 1.807) is 14.0 Å². The van der Waals surface area contributed by atoms with Gasteiger partial charge in [0.05, 0.1) is 44.1 Å². The lowest BCUT2D eigenvalue weighted by atomic mass is 9.94. The summed E-state index contributed by atoms with van der Waals surface area (Å²) < 4.78 is 10.5. The van der Waals surface area contributed by atoms with Crippen molar-refractivity contribution in [3.05, 3.63) is 41.1 Å². The summed E-state index contributed by atoms with van der Waals surface area (Å²) in [6.45, 7) is 7.03. The molecule has 152 valence electrons. The molecule has 2 heterocycles. The van der Waals surface area contributed by atoms with Gasteiger partial charge < -0.3 is 25.0 Å². The molecule has 2 aliphatic rings. The van der Waals surface area contributed by atoms with Crippen molar-refractivity contribution in [2.24, 2.45) is 5.92 Å². The zero-order valence-corrected chi connectivity index (χ0v) is 16.8. The van der Waals surface area contributed by atoms with Crippen molar-refractivity contribution in [1.82, 2.24) is 10.6 Å². The molecule has 1 saturated heterocycles. The SMILES string of the molecule is CCOC(=O)C1=C(C[NH+]2CCC(C)CC2)NC(=O)N[C@@H]1c1ccc(OC)cc1. The summed E-state index contributed by atoms with van der Waals surface area (Å²) >= 11 is 0. The lowest BCUT2D eigenvalue weighted by Crippen LogP contribution is -3.13. The van der Waals surface area contributed by atoms with E-state index in [2.05, 4.69) is 17.6 Å². The number of ether oxygens (including phenoxy) is 2. The summed E-state index contributed by atoms with van der Waals surface area (Å²) in [5, 5.41) is 5.74. The van der Waals surface area contributed by atoms with Crippen LogP contribution >= 0.6 is 0 Å². The van der Waals surface area contributed by atoms with Crippen LogP contribution in [-0.2, 0) is 9.53 Å². The van der Waals surface area contributed by atoms with Gasteiger partial charge in [-0.05, 0) is 43.4 Å². The lowest BCUT2D eigenvalue weighted by Gasteiger charge is -2.33. The molecule has 2 amide bonds. The van der Waals surface area contributed by atoms with E-state index in [0.717, 1.165) is 43.2 Å². The number of likely N-dealkylation sites (tertiary alicyclic amines) is 1. The molecule has 0 aliphatic carbocycles. The second-order valence-corrected chi connectivity index (χ2v) is 7.53. The molecule has 1 aromatic rings. The maximum Gasteiger partial charge on any atom is 0.338 e. The Morgan fingerprint density at radius 2 is 1.89 bits per heavy atom. The van der Waals surface area contributed by atoms with Gasteiger partial charge in [-0.15, -0.1) is 0 Å². The minimum absolute atomic E-state index is 0.285. The molecule has 2 aliphatic heterocycles. The number of rotatable bonds is 6. The zero-order chi connectivity index (χ0) is 20.1. The number of nitrogens with one attached hydrogen (secondary N) is 3. The Labute approximate surface area is 166 Å². The fraction of sp³-hybridized carbons (Fsp3) is 0.524. The molecule has 0 radical (unpaired) electrons. The summed E-state index contributed by atoms with van der Waals surface area (Å²) in [5.74, 6) is 1.06. The molecular formula is C21H30N3O4+. The topological polar surface area (TPSA) is 81.1 Å². The molecular weight excluding hydrogens is 358 g/mol. The normalized spacial score (nSPS) is 25.0. The Bertz CT molecular complexity index is 737. The molecule has 1 atom stereocenters. The van der Waals surface area contributed by atoms with Gasteiger partial charge in [0.15, 0.2) is 0 Å². The molecule has 3 rings (SSSR count). The smallest absolute Gasteiger partial charge is 0.338 e. The van der Waals surface area contributed by atoms with Crippen LogP contribution in [0.15, 0.2) is 35.5 Å². The van der Waals surface area contributed by atoms with Gasteiger partial charge in [-0.1, -0.05) is 19.1 Å². The van der Waals surface area contributed by atoms with Gasteiger partial charge in [0.2, 0.25) is 0 Å². The van der Waals surface area contributed by atoms with Crippen LogP contribution in [0.5, 0.6) is 5.75 Å². The highest BCUT2D eigenvalue weighted by Crippen LogP contribution is 2.28. The number of urea groups is 1. The van der Waals surface area contributed by atoms with Crippen molar-refractivity contribution < 1.29 is 24.0 Å². The first-order valence-corrected chi connectivity index (χ1v) is 9.97. The van der Waals surface area contributed by atoms with Gasteiger partial charge >= 0.3 is 12.0 Å². The van der Waals surface area contributed by atoms with Crippen LogP contribution in [0.4, 0.5) is 4.79 Å². The van der Waals surface area contributed by atoms with Gasteiger partial charge in [0, 0.05) is 0 Å². The first-order valence-electron chi connectivity index (χ1n) is 9.97. The molecule has 0 saturated carbocycles. The number of piperidine rings is 1. The highest BCUT2D eigenvalue weighted by atomic mass is 16.5. The molecule has 3 N–H and O–H groups in total. The van der Waals surface area contributed by atoms with E-state index in [1.165, 1.54) is 4.90 Å². The maximum absolute atomic E-state index is 12.8.